The number of thioether (sulfide) groups is 1. The van der Waals surface area contributed by atoms with Crippen LogP contribution in [-0.2, 0) is 17.0 Å². The predicted octanol–water partition coefficient (Wildman–Crippen LogP) is 4.48. The fraction of sp³-hybridized carbons (Fsp3) is 0.421. The molecule has 0 saturated carbocycles. The summed E-state index contributed by atoms with van der Waals surface area (Å²) in [7, 11) is 0. The maximum atomic E-state index is 13.1. The summed E-state index contributed by atoms with van der Waals surface area (Å²) in [5, 5.41) is 5.31. The maximum absolute atomic E-state index is 13.1. The van der Waals surface area contributed by atoms with Gasteiger partial charge in [-0.2, -0.15) is 0 Å². The molecule has 0 fully saturated rings. The number of halogens is 1. The minimum Gasteiger partial charge on any atom is -0.382 e. The Morgan fingerprint density at radius 1 is 1.33 bits per heavy atom. The molecule has 3 rings (SSSR count). The summed E-state index contributed by atoms with van der Waals surface area (Å²) in [6.07, 6.45) is 0.758. The van der Waals surface area contributed by atoms with Crippen LogP contribution < -0.4 is 5.56 Å². The van der Waals surface area contributed by atoms with Crippen LogP contribution >= 0.6 is 27.7 Å². The molecule has 8 heteroatoms. The zero-order chi connectivity index (χ0) is 19.4. The number of aromatic nitrogens is 3. The second kappa shape index (κ2) is 9.03. The highest BCUT2D eigenvalue weighted by Crippen LogP contribution is 2.26. The first-order chi connectivity index (χ1) is 13.0. The number of nitrogens with zero attached hydrogens (tertiary/aromatic N) is 3. The monoisotopic (exact) mass is 451 g/mol. The van der Waals surface area contributed by atoms with E-state index in [1.807, 2.05) is 39.0 Å². The number of hydrogen-bond acceptors (Lipinski definition) is 6. The third-order valence-corrected chi connectivity index (χ3v) is 5.78. The van der Waals surface area contributed by atoms with Crippen molar-refractivity contribution in [1.29, 1.82) is 0 Å². The Kier molecular flexibility index (Phi) is 6.73. The molecule has 0 N–H and O–H groups in total. The summed E-state index contributed by atoms with van der Waals surface area (Å²) in [5.74, 6) is 1.45. The van der Waals surface area contributed by atoms with Gasteiger partial charge in [0.25, 0.3) is 5.56 Å². The van der Waals surface area contributed by atoms with Crippen molar-refractivity contribution in [3.8, 4) is 0 Å². The predicted molar refractivity (Wildman–Crippen MR) is 110 cm³/mol. The van der Waals surface area contributed by atoms with E-state index in [4.69, 9.17) is 14.2 Å². The van der Waals surface area contributed by atoms with Gasteiger partial charge in [0.05, 0.1) is 16.6 Å². The van der Waals surface area contributed by atoms with Crippen LogP contribution in [0.2, 0.25) is 0 Å². The van der Waals surface area contributed by atoms with Crippen molar-refractivity contribution in [3.05, 3.63) is 50.0 Å². The molecule has 0 aliphatic carbocycles. The first-order valence-corrected chi connectivity index (χ1v) is 10.6. The lowest BCUT2D eigenvalue weighted by atomic mass is 10.2. The minimum absolute atomic E-state index is 0.0286. The van der Waals surface area contributed by atoms with E-state index in [9.17, 15) is 4.79 Å². The van der Waals surface area contributed by atoms with Crippen molar-refractivity contribution in [1.82, 2.24) is 14.7 Å². The van der Waals surface area contributed by atoms with E-state index in [1.54, 1.807) is 4.57 Å². The Hall–Kier alpha value is -1.64. The van der Waals surface area contributed by atoms with Crippen LogP contribution in [-0.4, -0.2) is 27.9 Å². The summed E-state index contributed by atoms with van der Waals surface area (Å²) in [4.78, 5) is 17.8. The topological polar surface area (TPSA) is 70.2 Å². The standard InChI is InChI=1S/C19H22BrN3O3S/c1-4-25-9-5-8-23-18(24)15-10-14(20)6-7-17(15)21-19(23)27-11-16-12(2)22-26-13(16)3/h6-7,10H,4-5,8-9,11H2,1-3H3. The number of fused-ring (bicyclic) bond motifs is 1. The molecule has 0 atom stereocenters. The highest BCUT2D eigenvalue weighted by Gasteiger charge is 2.15. The van der Waals surface area contributed by atoms with Crippen molar-refractivity contribution >= 4 is 38.6 Å². The van der Waals surface area contributed by atoms with Gasteiger partial charge < -0.3 is 9.26 Å². The largest absolute Gasteiger partial charge is 0.382 e. The van der Waals surface area contributed by atoms with E-state index < -0.39 is 0 Å². The molecule has 0 aliphatic heterocycles. The van der Waals surface area contributed by atoms with Gasteiger partial charge in [-0.25, -0.2) is 4.98 Å². The molecule has 27 heavy (non-hydrogen) atoms. The van der Waals surface area contributed by atoms with Crippen molar-refractivity contribution in [2.45, 2.75) is 44.6 Å². The van der Waals surface area contributed by atoms with Crippen LogP contribution in [0.4, 0.5) is 0 Å². The van der Waals surface area contributed by atoms with Crippen molar-refractivity contribution in [2.75, 3.05) is 13.2 Å². The molecule has 0 unspecified atom stereocenters. The highest BCUT2D eigenvalue weighted by molar-refractivity contribution is 9.10. The lowest BCUT2D eigenvalue weighted by Gasteiger charge is -2.13. The summed E-state index contributed by atoms with van der Waals surface area (Å²) in [6.45, 7) is 7.65. The SMILES string of the molecule is CCOCCCn1c(SCc2c(C)noc2C)nc2ccc(Br)cc2c1=O. The van der Waals surface area contributed by atoms with Crippen molar-refractivity contribution in [3.63, 3.8) is 0 Å². The normalized spacial score (nSPS) is 11.4. The minimum atomic E-state index is -0.0286. The third kappa shape index (κ3) is 4.62. The molecule has 0 bridgehead atoms. The summed E-state index contributed by atoms with van der Waals surface area (Å²) < 4.78 is 13.3. The Bertz CT molecular complexity index is 980. The van der Waals surface area contributed by atoms with Crippen molar-refractivity contribution < 1.29 is 9.26 Å². The molecule has 0 aliphatic rings. The van der Waals surface area contributed by atoms with E-state index in [-0.39, 0.29) is 5.56 Å². The highest BCUT2D eigenvalue weighted by atomic mass is 79.9. The Labute approximate surface area is 170 Å². The lowest BCUT2D eigenvalue weighted by molar-refractivity contribution is 0.140. The van der Waals surface area contributed by atoms with E-state index in [1.165, 1.54) is 11.8 Å². The molecule has 0 amide bonds. The van der Waals surface area contributed by atoms with Gasteiger partial charge in [-0.15, -0.1) is 0 Å². The number of hydrogen-bond donors (Lipinski definition) is 0. The summed E-state index contributed by atoms with van der Waals surface area (Å²) >= 11 is 4.97. The van der Waals surface area contributed by atoms with Gasteiger partial charge in [-0.3, -0.25) is 9.36 Å². The average Bonchev–Trinajstić information content (AvgIpc) is 2.97. The Morgan fingerprint density at radius 2 is 2.15 bits per heavy atom. The van der Waals surface area contributed by atoms with E-state index in [0.717, 1.165) is 27.9 Å². The van der Waals surface area contributed by atoms with E-state index in [0.29, 0.717) is 41.6 Å². The molecule has 2 aromatic heterocycles. The molecular weight excluding hydrogens is 430 g/mol. The molecule has 0 radical (unpaired) electrons. The van der Waals surface area contributed by atoms with Gasteiger partial charge in [-0.1, -0.05) is 32.8 Å². The van der Waals surface area contributed by atoms with Crippen LogP contribution in [0.25, 0.3) is 10.9 Å². The molecule has 3 aromatic rings. The maximum Gasteiger partial charge on any atom is 0.262 e. The van der Waals surface area contributed by atoms with Crippen LogP contribution in [0.3, 0.4) is 0 Å². The summed E-state index contributed by atoms with van der Waals surface area (Å²) in [5.41, 5.74) is 2.59. The molecule has 1 aromatic carbocycles. The first-order valence-electron chi connectivity index (χ1n) is 8.83. The van der Waals surface area contributed by atoms with Gasteiger partial charge in [0.15, 0.2) is 5.16 Å². The molecule has 0 spiro atoms. The number of aryl methyl sites for hydroxylation is 2. The second-order valence-corrected chi connectivity index (χ2v) is 8.01. The molecular formula is C19H22BrN3O3S. The van der Waals surface area contributed by atoms with Gasteiger partial charge in [-0.05, 0) is 45.4 Å². The van der Waals surface area contributed by atoms with Crippen molar-refractivity contribution in [2.24, 2.45) is 0 Å². The number of benzene rings is 1. The van der Waals surface area contributed by atoms with Gasteiger partial charge >= 0.3 is 0 Å². The van der Waals surface area contributed by atoms with E-state index in [2.05, 4.69) is 21.1 Å². The number of ether oxygens (including phenoxy) is 1. The van der Waals surface area contributed by atoms with E-state index >= 15 is 0 Å². The number of rotatable bonds is 8. The third-order valence-electron chi connectivity index (χ3n) is 4.28. The van der Waals surface area contributed by atoms with Gasteiger partial charge in [0.1, 0.15) is 5.76 Å². The molecule has 0 saturated heterocycles. The van der Waals surface area contributed by atoms with Crippen LogP contribution in [0, 0.1) is 13.8 Å². The zero-order valence-corrected chi connectivity index (χ0v) is 18.0. The quantitative estimate of drug-likeness (QED) is 0.285. The van der Waals surface area contributed by atoms with Crippen LogP contribution in [0.1, 0.15) is 30.4 Å². The Balaban J connectivity index is 1.95. The van der Waals surface area contributed by atoms with Crippen LogP contribution in [0.15, 0.2) is 37.1 Å². The zero-order valence-electron chi connectivity index (χ0n) is 15.6. The lowest BCUT2D eigenvalue weighted by Crippen LogP contribution is -2.24. The fourth-order valence-electron chi connectivity index (χ4n) is 2.79. The Morgan fingerprint density at radius 3 is 2.85 bits per heavy atom. The van der Waals surface area contributed by atoms with Gasteiger partial charge in [0.2, 0.25) is 0 Å². The fourth-order valence-corrected chi connectivity index (χ4v) is 4.33. The summed E-state index contributed by atoms with van der Waals surface area (Å²) in [6, 6.07) is 5.59. The second-order valence-electron chi connectivity index (χ2n) is 6.15. The first kappa shape index (κ1) is 20.1. The molecule has 2 heterocycles. The molecule has 144 valence electrons. The molecule has 6 nitrogen and oxygen atoms in total. The van der Waals surface area contributed by atoms with Crippen LogP contribution in [0.5, 0.6) is 0 Å². The smallest absolute Gasteiger partial charge is 0.262 e. The average molecular weight is 452 g/mol. The van der Waals surface area contributed by atoms with Gasteiger partial charge in [0, 0.05) is 35.5 Å².